The van der Waals surface area contributed by atoms with Gasteiger partial charge < -0.3 is 49.0 Å². The first kappa shape index (κ1) is 53.3. The minimum Gasteiger partial charge on any atom is -0.465 e. The summed E-state index contributed by atoms with van der Waals surface area (Å²) >= 11 is 5.61. The maximum atomic E-state index is 13.5. The fourth-order valence-electron chi connectivity index (χ4n) is 9.02. The highest BCUT2D eigenvalue weighted by molar-refractivity contribution is 6.66. The van der Waals surface area contributed by atoms with Crippen LogP contribution >= 0.6 is 11.6 Å². The largest absolute Gasteiger partial charge is 0.465 e. The van der Waals surface area contributed by atoms with Crippen LogP contribution in [0.2, 0.25) is 0 Å². The molecule has 72 heavy (non-hydrogen) atoms. The number of rotatable bonds is 11. The van der Waals surface area contributed by atoms with Crippen LogP contribution in [0.15, 0.2) is 72.8 Å². The third-order valence-electron chi connectivity index (χ3n) is 13.9. The molecule has 384 valence electrons. The highest BCUT2D eigenvalue weighted by atomic mass is 35.5. The quantitative estimate of drug-likeness (QED) is 0.0635. The lowest BCUT2D eigenvalue weighted by molar-refractivity contribution is -0.120. The lowest BCUT2D eigenvalue weighted by atomic mass is 9.87. The van der Waals surface area contributed by atoms with E-state index in [2.05, 4.69) is 83.2 Å². The number of aromatic amines is 2. The van der Waals surface area contributed by atoms with Crippen molar-refractivity contribution >= 4 is 62.1 Å². The summed E-state index contributed by atoms with van der Waals surface area (Å²) in [4.78, 5) is 58.1. The number of ether oxygens (including phenoxy) is 6. The monoisotopic (exact) mass is 1000 g/mol. The minimum absolute atomic E-state index is 0.0127. The number of aromatic nitrogens is 2. The highest BCUT2D eigenvalue weighted by Gasteiger charge is 2.52. The molecule has 4 aromatic carbocycles. The molecule has 14 nitrogen and oxygen atoms in total. The number of halogens is 1. The van der Waals surface area contributed by atoms with Gasteiger partial charge in [-0.3, -0.25) is 9.59 Å². The number of methoxy groups -OCH3 is 2. The fraction of sp³-hybridized carbons (Fsp3) is 0.439. The topological polar surface area (TPSA) is 184 Å². The molecule has 4 N–H and O–H groups in total. The minimum atomic E-state index is -0.490. The molecule has 0 spiro atoms. The second kappa shape index (κ2) is 21.3. The van der Waals surface area contributed by atoms with Crippen molar-refractivity contribution in [3.63, 3.8) is 0 Å². The summed E-state index contributed by atoms with van der Waals surface area (Å²) in [5.41, 5.74) is 12.6. The average molecular weight is 1010 g/mol. The number of anilines is 1. The predicted molar refractivity (Wildman–Crippen MR) is 281 cm³/mol. The third-order valence-corrected chi connectivity index (χ3v) is 14.3. The number of H-pyrrole nitrogens is 2. The van der Waals surface area contributed by atoms with Crippen molar-refractivity contribution in [2.24, 2.45) is 0 Å². The lowest BCUT2D eigenvalue weighted by Gasteiger charge is -2.16. The van der Waals surface area contributed by atoms with Gasteiger partial charge in [-0.15, -0.1) is 0 Å². The van der Waals surface area contributed by atoms with E-state index in [0.29, 0.717) is 34.1 Å². The summed E-state index contributed by atoms with van der Waals surface area (Å²) < 4.78 is 31.2. The molecule has 0 amide bonds. The number of hydrogen-bond acceptors (Lipinski definition) is 12. The molecular formula is C57H69ClN4O10. The molecule has 0 atom stereocenters. The van der Waals surface area contributed by atoms with Gasteiger partial charge in [0.1, 0.15) is 5.78 Å². The van der Waals surface area contributed by atoms with Crippen LogP contribution < -0.4 is 24.7 Å². The molecule has 2 aliphatic heterocycles. The SMILES string of the molecule is CCN(CC)CC.COC(=O)c1cc(CC(=O)C2(c3ccc4c(c3)OCO4)CC2)cc2cc(C(C)(C)C)[nH]c12.COC(=O)c1cc(N)cc2cc(C(C)(C)C)[nH]c12.O=C(Cl)C1(c2ccc3c(c2)OCO3)CC1. The van der Waals surface area contributed by atoms with Crippen LogP contribution in [0.3, 0.4) is 0 Å². The van der Waals surface area contributed by atoms with Gasteiger partial charge in [0.25, 0.3) is 0 Å². The molecule has 2 fully saturated rings. The van der Waals surface area contributed by atoms with Gasteiger partial charge >= 0.3 is 11.9 Å². The van der Waals surface area contributed by atoms with Crippen molar-refractivity contribution in [3.05, 3.63) is 112 Å². The van der Waals surface area contributed by atoms with Crippen LogP contribution in [0.5, 0.6) is 23.0 Å². The number of hydrogen-bond donors (Lipinski definition) is 3. The fourth-order valence-corrected chi connectivity index (χ4v) is 9.31. The first-order valence-electron chi connectivity index (χ1n) is 24.6. The average Bonchev–Trinajstić information content (AvgIpc) is 4.04. The lowest BCUT2D eigenvalue weighted by Crippen LogP contribution is -2.22. The molecule has 0 unspecified atom stereocenters. The van der Waals surface area contributed by atoms with Crippen LogP contribution in [0, 0.1) is 0 Å². The molecule has 2 aromatic heterocycles. The molecule has 6 aromatic rings. The number of fused-ring (bicyclic) bond motifs is 4. The van der Waals surface area contributed by atoms with E-state index in [1.165, 1.54) is 33.9 Å². The molecule has 4 aliphatic rings. The van der Waals surface area contributed by atoms with Gasteiger partial charge in [-0.1, -0.05) is 74.4 Å². The summed E-state index contributed by atoms with van der Waals surface area (Å²) in [6.07, 6.45) is 3.54. The van der Waals surface area contributed by atoms with Gasteiger partial charge in [0, 0.05) is 45.1 Å². The maximum absolute atomic E-state index is 13.5. The summed E-state index contributed by atoms with van der Waals surface area (Å²) in [5, 5.41) is 1.57. The Morgan fingerprint density at radius 2 is 1.04 bits per heavy atom. The molecule has 15 heteroatoms. The zero-order valence-electron chi connectivity index (χ0n) is 43.5. The number of nitrogen functional groups attached to an aromatic ring is 1. The number of benzene rings is 4. The zero-order chi connectivity index (χ0) is 52.3. The Bertz CT molecular complexity index is 2980. The van der Waals surface area contributed by atoms with Gasteiger partial charge in [0.15, 0.2) is 23.0 Å². The first-order valence-corrected chi connectivity index (χ1v) is 25.0. The second-order valence-electron chi connectivity index (χ2n) is 20.8. The summed E-state index contributed by atoms with van der Waals surface area (Å²) in [7, 11) is 2.74. The van der Waals surface area contributed by atoms with Crippen molar-refractivity contribution in [2.45, 2.75) is 116 Å². The second-order valence-corrected chi connectivity index (χ2v) is 21.1. The number of carbonyl (C=O) groups excluding carboxylic acids is 4. The van der Waals surface area contributed by atoms with E-state index in [1.54, 1.807) is 12.1 Å². The number of esters is 2. The molecule has 2 saturated carbocycles. The van der Waals surface area contributed by atoms with Gasteiger partial charge in [-0.05, 0) is 134 Å². The predicted octanol–water partition coefficient (Wildman–Crippen LogP) is 11.2. The van der Waals surface area contributed by atoms with Crippen LogP contribution in [-0.2, 0) is 47.1 Å². The zero-order valence-corrected chi connectivity index (χ0v) is 44.2. The summed E-state index contributed by atoms with van der Waals surface area (Å²) in [6, 6.07) is 22.7. The Kier molecular flexibility index (Phi) is 15.8. The Morgan fingerprint density at radius 1 is 0.611 bits per heavy atom. The highest BCUT2D eigenvalue weighted by Crippen LogP contribution is 2.53. The number of carbonyl (C=O) groups is 4. The number of Topliss-reactive ketones (excluding diaryl/α,β-unsaturated/α-hetero) is 1. The first-order chi connectivity index (χ1) is 34.1. The van der Waals surface area contributed by atoms with E-state index in [-0.39, 0.29) is 47.8 Å². The molecular weight excluding hydrogens is 936 g/mol. The van der Waals surface area contributed by atoms with Crippen LogP contribution in [0.4, 0.5) is 5.69 Å². The molecule has 0 saturated heterocycles. The maximum Gasteiger partial charge on any atom is 0.340 e. The number of nitrogens with two attached hydrogens (primary N) is 1. The van der Waals surface area contributed by atoms with Gasteiger partial charge in [-0.2, -0.15) is 0 Å². The van der Waals surface area contributed by atoms with Crippen molar-refractivity contribution in [3.8, 4) is 23.0 Å². The Hall–Kier alpha value is -6.51. The third kappa shape index (κ3) is 11.4. The van der Waals surface area contributed by atoms with E-state index >= 15 is 0 Å². The summed E-state index contributed by atoms with van der Waals surface area (Å²) in [5.74, 6) is 2.20. The molecule has 2 aliphatic carbocycles. The van der Waals surface area contributed by atoms with Gasteiger partial charge in [0.05, 0.1) is 47.2 Å². The van der Waals surface area contributed by atoms with Crippen LogP contribution in [0.1, 0.15) is 137 Å². The summed E-state index contributed by atoms with van der Waals surface area (Å²) in [6.45, 7) is 23.3. The van der Waals surface area contributed by atoms with Crippen LogP contribution in [-0.4, -0.2) is 85.3 Å². The standard InChI is InChI=1S/C26H27NO5.C14H18N2O2.C11H9ClO3.C6H15N/c1-25(2,3)21-12-16-9-15(10-18(23(16)27-21)24(29)30-4)11-22(28)26(7-8-26)17-5-6-19-20(13-17)32-14-31-19;1-14(2,3)11-6-8-5-9(15)7-10(12(8)16-11)13(17)18-4;12-10(13)11(3-4-11)7-1-2-8-9(5-7)15-6-14-8;1-4-7(5-2)6-3/h5-6,9-10,12-13,27H,7-8,11,14H2,1-4H3;5-7,16H,15H2,1-4H3;1-2,5H,3-4,6H2;4-6H2,1-3H3. The number of ketones is 1. The van der Waals surface area contributed by atoms with Crippen molar-refractivity contribution in [2.75, 3.05) is 53.2 Å². The van der Waals surface area contributed by atoms with E-state index < -0.39 is 16.8 Å². The van der Waals surface area contributed by atoms with Crippen molar-refractivity contribution in [1.82, 2.24) is 14.9 Å². The van der Waals surface area contributed by atoms with E-state index in [9.17, 15) is 19.2 Å². The molecule has 0 radical (unpaired) electrons. The van der Waals surface area contributed by atoms with E-state index in [4.69, 9.17) is 45.8 Å². The van der Waals surface area contributed by atoms with E-state index in [1.807, 2.05) is 54.6 Å². The molecule has 4 heterocycles. The number of nitrogens with one attached hydrogen (secondary N) is 2. The van der Waals surface area contributed by atoms with Gasteiger partial charge in [0.2, 0.25) is 18.8 Å². The Balaban J connectivity index is 0.000000160. The van der Waals surface area contributed by atoms with Crippen molar-refractivity contribution < 1.29 is 47.6 Å². The van der Waals surface area contributed by atoms with Gasteiger partial charge in [-0.25, -0.2) is 9.59 Å². The van der Waals surface area contributed by atoms with Crippen LogP contribution in [0.25, 0.3) is 21.8 Å². The molecule has 10 rings (SSSR count). The molecule has 0 bridgehead atoms. The Labute approximate surface area is 427 Å². The number of nitrogens with zero attached hydrogens (tertiary/aromatic N) is 1. The normalized spacial score (nSPS) is 15.3. The van der Waals surface area contributed by atoms with Crippen molar-refractivity contribution in [1.29, 1.82) is 0 Å². The Morgan fingerprint density at radius 3 is 1.44 bits per heavy atom. The smallest absolute Gasteiger partial charge is 0.340 e. The van der Waals surface area contributed by atoms with E-state index in [0.717, 1.165) is 81.3 Å².